The lowest BCUT2D eigenvalue weighted by Gasteiger charge is -2.29. The van der Waals surface area contributed by atoms with E-state index in [1.807, 2.05) is 29.2 Å². The molecule has 0 spiro atoms. The van der Waals surface area contributed by atoms with Crippen molar-refractivity contribution in [2.75, 3.05) is 17.2 Å². The molecule has 0 saturated heterocycles. The zero-order valence-electron chi connectivity index (χ0n) is 12.5. The van der Waals surface area contributed by atoms with Gasteiger partial charge in [0.15, 0.2) is 0 Å². The van der Waals surface area contributed by atoms with E-state index in [9.17, 15) is 8.78 Å². The Labute approximate surface area is 140 Å². The second kappa shape index (κ2) is 5.55. The van der Waals surface area contributed by atoms with Crippen LogP contribution in [0.15, 0.2) is 24.3 Å². The molecule has 4 rings (SSSR count). The summed E-state index contributed by atoms with van der Waals surface area (Å²) in [6.07, 6.45) is -2.79. The minimum Gasteiger partial charge on any atom is -0.368 e. The van der Waals surface area contributed by atoms with Crippen molar-refractivity contribution in [1.82, 2.24) is 19.5 Å². The van der Waals surface area contributed by atoms with Gasteiger partial charge in [-0.3, -0.25) is 0 Å². The van der Waals surface area contributed by atoms with Crippen LogP contribution in [0, 0.1) is 0 Å². The van der Waals surface area contributed by atoms with Crippen molar-refractivity contribution in [3.63, 3.8) is 0 Å². The molecule has 0 unspecified atom stereocenters. The Kier molecular flexibility index (Phi) is 3.49. The maximum atomic E-state index is 12.9. The third kappa shape index (κ3) is 2.43. The highest BCUT2D eigenvalue weighted by Gasteiger charge is 2.23. The summed E-state index contributed by atoms with van der Waals surface area (Å²) < 4.78 is 27.9. The van der Waals surface area contributed by atoms with E-state index in [1.165, 1.54) is 0 Å². The van der Waals surface area contributed by atoms with Crippen molar-refractivity contribution < 1.29 is 8.78 Å². The van der Waals surface area contributed by atoms with Crippen LogP contribution in [0.1, 0.15) is 17.9 Å². The number of benzene rings is 1. The fraction of sp³-hybridized carbons (Fsp3) is 0.267. The van der Waals surface area contributed by atoms with Gasteiger partial charge in [0.05, 0.1) is 6.54 Å². The molecule has 6 nitrogen and oxygen atoms in total. The molecular formula is C15H13ClF2N6. The summed E-state index contributed by atoms with van der Waals surface area (Å²) in [6, 6.07) is 7.76. The summed E-state index contributed by atoms with van der Waals surface area (Å²) in [6.45, 7) is 1.74. The van der Waals surface area contributed by atoms with Gasteiger partial charge in [0.25, 0.3) is 6.43 Å². The number of anilines is 2. The molecule has 1 aliphatic rings. The number of nitrogens with two attached hydrogens (primary N) is 1. The summed E-state index contributed by atoms with van der Waals surface area (Å²) in [5, 5.41) is 1.66. The Morgan fingerprint density at radius 1 is 1.17 bits per heavy atom. The van der Waals surface area contributed by atoms with Crippen LogP contribution in [-0.4, -0.2) is 26.1 Å². The van der Waals surface area contributed by atoms with E-state index >= 15 is 0 Å². The molecule has 0 aliphatic carbocycles. The van der Waals surface area contributed by atoms with Crippen LogP contribution in [-0.2, 0) is 13.1 Å². The van der Waals surface area contributed by atoms with E-state index in [0.717, 1.165) is 16.6 Å². The summed E-state index contributed by atoms with van der Waals surface area (Å²) in [5.41, 5.74) is 7.61. The SMILES string of the molecule is Nc1nc(C(F)F)nc(N2CCn3c(cc4c(Cl)cccc43)C2)n1. The highest BCUT2D eigenvalue weighted by atomic mass is 35.5. The van der Waals surface area contributed by atoms with Gasteiger partial charge in [0, 0.05) is 34.7 Å². The fourth-order valence-electron chi connectivity index (χ4n) is 3.00. The van der Waals surface area contributed by atoms with Gasteiger partial charge < -0.3 is 15.2 Å². The lowest BCUT2D eigenvalue weighted by atomic mass is 10.2. The topological polar surface area (TPSA) is 72.9 Å². The fourth-order valence-corrected chi connectivity index (χ4v) is 3.22. The van der Waals surface area contributed by atoms with Crippen molar-refractivity contribution in [1.29, 1.82) is 0 Å². The minimum absolute atomic E-state index is 0.167. The van der Waals surface area contributed by atoms with Gasteiger partial charge in [-0.05, 0) is 18.2 Å². The second-order valence-electron chi connectivity index (χ2n) is 5.53. The number of rotatable bonds is 2. The van der Waals surface area contributed by atoms with Gasteiger partial charge in [-0.25, -0.2) is 8.78 Å². The molecule has 124 valence electrons. The summed E-state index contributed by atoms with van der Waals surface area (Å²) in [7, 11) is 0. The molecule has 0 amide bonds. The average molecular weight is 351 g/mol. The molecule has 24 heavy (non-hydrogen) atoms. The highest BCUT2D eigenvalue weighted by Crippen LogP contribution is 2.30. The first-order valence-corrected chi connectivity index (χ1v) is 7.72. The van der Waals surface area contributed by atoms with Gasteiger partial charge >= 0.3 is 0 Å². The first kappa shape index (κ1) is 15.1. The first-order valence-electron chi connectivity index (χ1n) is 7.34. The molecule has 1 aromatic carbocycles. The molecule has 3 aromatic rings. The van der Waals surface area contributed by atoms with Crippen molar-refractivity contribution in [2.24, 2.45) is 0 Å². The Hall–Kier alpha value is -2.48. The van der Waals surface area contributed by atoms with Crippen LogP contribution in [0.4, 0.5) is 20.7 Å². The molecular weight excluding hydrogens is 338 g/mol. The van der Waals surface area contributed by atoms with Crippen molar-refractivity contribution >= 4 is 34.4 Å². The average Bonchev–Trinajstić information content (AvgIpc) is 2.93. The third-order valence-electron chi connectivity index (χ3n) is 4.06. The Morgan fingerprint density at radius 3 is 2.79 bits per heavy atom. The Morgan fingerprint density at radius 2 is 2.00 bits per heavy atom. The van der Waals surface area contributed by atoms with Gasteiger partial charge in [-0.1, -0.05) is 17.7 Å². The third-order valence-corrected chi connectivity index (χ3v) is 4.39. The smallest absolute Gasteiger partial charge is 0.297 e. The van der Waals surface area contributed by atoms with E-state index < -0.39 is 12.2 Å². The lowest BCUT2D eigenvalue weighted by Crippen LogP contribution is -2.35. The zero-order valence-corrected chi connectivity index (χ0v) is 13.2. The molecule has 0 radical (unpaired) electrons. The van der Waals surface area contributed by atoms with E-state index in [4.69, 9.17) is 17.3 Å². The van der Waals surface area contributed by atoms with Crippen LogP contribution >= 0.6 is 11.6 Å². The number of hydrogen-bond donors (Lipinski definition) is 1. The molecule has 0 fully saturated rings. The standard InChI is InChI=1S/C15H13ClF2N6/c16-10-2-1-3-11-9(10)6-8-7-23(4-5-24(8)11)15-21-13(12(17)18)20-14(19)22-15/h1-3,6,12H,4-5,7H2,(H2,19,20,21,22). The van der Waals surface area contributed by atoms with Gasteiger partial charge in [-0.15, -0.1) is 0 Å². The maximum absolute atomic E-state index is 12.9. The molecule has 0 bridgehead atoms. The molecule has 2 N–H and O–H groups in total. The van der Waals surface area contributed by atoms with Crippen LogP contribution in [0.5, 0.6) is 0 Å². The molecule has 3 heterocycles. The highest BCUT2D eigenvalue weighted by molar-refractivity contribution is 6.35. The minimum atomic E-state index is -2.79. The predicted octanol–water partition coefficient (Wildman–Crippen LogP) is 3.02. The quantitative estimate of drug-likeness (QED) is 0.769. The number of aromatic nitrogens is 4. The largest absolute Gasteiger partial charge is 0.368 e. The predicted molar refractivity (Wildman–Crippen MR) is 87.2 cm³/mol. The van der Waals surface area contributed by atoms with Crippen molar-refractivity contribution in [3.05, 3.63) is 40.8 Å². The second-order valence-corrected chi connectivity index (χ2v) is 5.94. The van der Waals surface area contributed by atoms with Crippen molar-refractivity contribution in [3.8, 4) is 0 Å². The number of hydrogen-bond acceptors (Lipinski definition) is 5. The van der Waals surface area contributed by atoms with E-state index in [2.05, 4.69) is 19.5 Å². The molecule has 9 heteroatoms. The van der Waals surface area contributed by atoms with Crippen LogP contribution in [0.25, 0.3) is 10.9 Å². The Bertz CT molecular complexity index is 926. The lowest BCUT2D eigenvalue weighted by molar-refractivity contribution is 0.140. The zero-order chi connectivity index (χ0) is 16.8. The number of alkyl halides is 2. The summed E-state index contributed by atoms with van der Waals surface area (Å²) in [4.78, 5) is 13.1. The normalized spacial score (nSPS) is 14.4. The summed E-state index contributed by atoms with van der Waals surface area (Å²) >= 11 is 6.25. The van der Waals surface area contributed by atoms with Gasteiger partial charge in [-0.2, -0.15) is 15.0 Å². The van der Waals surface area contributed by atoms with Crippen LogP contribution in [0.2, 0.25) is 5.02 Å². The van der Waals surface area contributed by atoms with Crippen molar-refractivity contribution in [2.45, 2.75) is 19.5 Å². The van der Waals surface area contributed by atoms with Crippen LogP contribution in [0.3, 0.4) is 0 Å². The van der Waals surface area contributed by atoms with E-state index in [-0.39, 0.29) is 11.9 Å². The molecule has 2 aromatic heterocycles. The number of halogens is 3. The molecule has 1 aliphatic heterocycles. The van der Waals surface area contributed by atoms with E-state index in [1.54, 1.807) is 0 Å². The number of fused-ring (bicyclic) bond motifs is 3. The number of nitrogens with zero attached hydrogens (tertiary/aromatic N) is 5. The number of nitrogen functional groups attached to an aromatic ring is 1. The molecule has 0 saturated carbocycles. The van der Waals surface area contributed by atoms with Gasteiger partial charge in [0.2, 0.25) is 17.7 Å². The van der Waals surface area contributed by atoms with E-state index in [0.29, 0.717) is 24.7 Å². The van der Waals surface area contributed by atoms with Crippen LogP contribution < -0.4 is 10.6 Å². The monoisotopic (exact) mass is 350 g/mol. The molecule has 0 atom stereocenters. The first-order chi connectivity index (χ1) is 11.5. The summed E-state index contributed by atoms with van der Waals surface area (Å²) in [5.74, 6) is -0.642. The van der Waals surface area contributed by atoms with Gasteiger partial charge in [0.1, 0.15) is 0 Å². The maximum Gasteiger partial charge on any atom is 0.297 e. The Balaban J connectivity index is 1.72.